The van der Waals surface area contributed by atoms with Gasteiger partial charge in [0, 0.05) is 43.7 Å². The molecule has 0 spiro atoms. The molecule has 0 bridgehead atoms. The van der Waals surface area contributed by atoms with Gasteiger partial charge in [0.1, 0.15) is 11.2 Å². The summed E-state index contributed by atoms with van der Waals surface area (Å²) in [5.74, 6) is 0. The minimum Gasteiger partial charge on any atom is -0.456 e. The molecule has 0 fully saturated rings. The lowest BCUT2D eigenvalue weighted by atomic mass is 10.1. The Bertz CT molecular complexity index is 3470. The molecule has 0 aliphatic rings. The van der Waals surface area contributed by atoms with Gasteiger partial charge in [-0.3, -0.25) is 0 Å². The molecular formula is C54H36N2OSi. The van der Waals surface area contributed by atoms with Crippen LogP contribution in [0.15, 0.2) is 223 Å². The molecule has 0 aliphatic carbocycles. The number of nitrogens with zero attached hydrogens (tertiary/aromatic N) is 2. The molecule has 0 amide bonds. The van der Waals surface area contributed by atoms with Crippen LogP contribution in [0.1, 0.15) is 0 Å². The van der Waals surface area contributed by atoms with Gasteiger partial charge < -0.3 is 13.6 Å². The van der Waals surface area contributed by atoms with Crippen molar-refractivity contribution in [2.24, 2.45) is 0 Å². The smallest absolute Gasteiger partial charge is 0.180 e. The number of para-hydroxylation sites is 4. The molecule has 3 aromatic heterocycles. The van der Waals surface area contributed by atoms with Crippen LogP contribution in [0, 0.1) is 0 Å². The van der Waals surface area contributed by atoms with Crippen LogP contribution >= 0.6 is 0 Å². The minimum absolute atomic E-state index is 0.910. The van der Waals surface area contributed by atoms with E-state index in [1.54, 1.807) is 0 Å². The Morgan fingerprint density at radius 2 is 0.845 bits per heavy atom. The molecule has 0 atom stereocenters. The van der Waals surface area contributed by atoms with E-state index in [9.17, 15) is 0 Å². The Balaban J connectivity index is 1.21. The van der Waals surface area contributed by atoms with Crippen LogP contribution in [0.3, 0.4) is 0 Å². The van der Waals surface area contributed by atoms with Crippen LogP contribution < -0.4 is 20.7 Å². The molecule has 0 radical (unpaired) electrons. The summed E-state index contributed by atoms with van der Waals surface area (Å²) < 4.78 is 11.3. The van der Waals surface area contributed by atoms with Gasteiger partial charge >= 0.3 is 0 Å². The first kappa shape index (κ1) is 32.8. The Hall–Kier alpha value is -7.40. The van der Waals surface area contributed by atoms with Crippen molar-refractivity contribution in [3.8, 4) is 11.4 Å². The second-order valence-corrected chi connectivity index (χ2v) is 19.0. The normalized spacial score (nSPS) is 12.1. The molecule has 3 nitrogen and oxygen atoms in total. The summed E-state index contributed by atoms with van der Waals surface area (Å²) in [6.07, 6.45) is 0. The molecule has 0 saturated heterocycles. The Morgan fingerprint density at radius 3 is 1.59 bits per heavy atom. The predicted molar refractivity (Wildman–Crippen MR) is 246 cm³/mol. The zero-order valence-electron chi connectivity index (χ0n) is 31.6. The summed E-state index contributed by atoms with van der Waals surface area (Å²) in [5.41, 5.74) is 8.87. The quantitative estimate of drug-likeness (QED) is 0.122. The first-order chi connectivity index (χ1) is 28.8. The second-order valence-electron chi connectivity index (χ2n) is 15.2. The number of fused-ring (bicyclic) bond motifs is 9. The SMILES string of the molecule is c1ccc(-n2c3ccccc3c3c([Si](c4ccccc4)(c4ccccc4)c4cccc(-n5c6ccccc6c6cc7oc8ccccc8c7cc65)c4)cccc32)cc1. The zero-order valence-corrected chi connectivity index (χ0v) is 32.6. The zero-order chi connectivity index (χ0) is 38.2. The summed E-state index contributed by atoms with van der Waals surface area (Å²) in [6, 6.07) is 80.5. The summed E-state index contributed by atoms with van der Waals surface area (Å²) in [4.78, 5) is 0. The summed E-state index contributed by atoms with van der Waals surface area (Å²) in [6.45, 7) is 0. The van der Waals surface area contributed by atoms with Gasteiger partial charge in [-0.1, -0.05) is 158 Å². The van der Waals surface area contributed by atoms with Crippen molar-refractivity contribution in [1.82, 2.24) is 9.13 Å². The molecule has 9 aromatic carbocycles. The van der Waals surface area contributed by atoms with Crippen molar-refractivity contribution in [3.63, 3.8) is 0 Å². The van der Waals surface area contributed by atoms with Gasteiger partial charge in [0.2, 0.25) is 0 Å². The second kappa shape index (κ2) is 12.8. The number of furan rings is 1. The maximum atomic E-state index is 6.43. The first-order valence-electron chi connectivity index (χ1n) is 19.9. The minimum atomic E-state index is -3.06. The summed E-state index contributed by atoms with van der Waals surface area (Å²) in [7, 11) is -3.06. The Morgan fingerprint density at radius 1 is 0.310 bits per heavy atom. The van der Waals surface area contributed by atoms with Gasteiger partial charge in [-0.05, 0) is 81.4 Å². The summed E-state index contributed by atoms with van der Waals surface area (Å²) in [5, 5.41) is 12.6. The van der Waals surface area contributed by atoms with Gasteiger partial charge in [0.05, 0.1) is 22.1 Å². The van der Waals surface area contributed by atoms with Crippen LogP contribution in [0.2, 0.25) is 0 Å². The maximum absolute atomic E-state index is 6.43. The van der Waals surface area contributed by atoms with Gasteiger partial charge in [-0.2, -0.15) is 0 Å². The van der Waals surface area contributed by atoms with E-state index in [-0.39, 0.29) is 0 Å². The molecule has 4 heteroatoms. The fraction of sp³-hybridized carbons (Fsp3) is 0. The lowest BCUT2D eigenvalue weighted by molar-refractivity contribution is 0.669. The van der Waals surface area contributed by atoms with Crippen molar-refractivity contribution in [2.45, 2.75) is 0 Å². The van der Waals surface area contributed by atoms with Crippen molar-refractivity contribution in [2.75, 3.05) is 0 Å². The van der Waals surface area contributed by atoms with Crippen LogP contribution in [-0.2, 0) is 0 Å². The number of benzene rings is 9. The fourth-order valence-corrected chi connectivity index (χ4v) is 14.9. The highest BCUT2D eigenvalue weighted by molar-refractivity contribution is 7.20. The average Bonchev–Trinajstić information content (AvgIpc) is 3.94. The fourth-order valence-electron chi connectivity index (χ4n) is 9.87. The maximum Gasteiger partial charge on any atom is 0.180 e. The first-order valence-corrected chi connectivity index (χ1v) is 21.9. The van der Waals surface area contributed by atoms with Crippen molar-refractivity contribution in [1.29, 1.82) is 0 Å². The van der Waals surface area contributed by atoms with Crippen LogP contribution in [-0.4, -0.2) is 17.2 Å². The van der Waals surface area contributed by atoms with Crippen LogP contribution in [0.25, 0.3) is 76.9 Å². The molecule has 0 unspecified atom stereocenters. The third kappa shape index (κ3) is 4.67. The van der Waals surface area contributed by atoms with Crippen LogP contribution in [0.4, 0.5) is 0 Å². The van der Waals surface area contributed by atoms with Gasteiger partial charge in [-0.25, -0.2) is 0 Å². The van der Waals surface area contributed by atoms with E-state index in [4.69, 9.17) is 4.42 Å². The Kier molecular flexibility index (Phi) is 7.25. The van der Waals surface area contributed by atoms with Crippen molar-refractivity contribution >= 4 is 94.4 Å². The number of hydrogen-bond acceptors (Lipinski definition) is 1. The van der Waals surface area contributed by atoms with E-state index in [1.165, 1.54) is 58.8 Å². The van der Waals surface area contributed by atoms with E-state index in [1.807, 2.05) is 6.07 Å². The third-order valence-electron chi connectivity index (χ3n) is 12.2. The monoisotopic (exact) mass is 756 g/mol. The van der Waals surface area contributed by atoms with Gasteiger partial charge in [-0.15, -0.1) is 0 Å². The highest BCUT2D eigenvalue weighted by Gasteiger charge is 2.43. The average molecular weight is 757 g/mol. The van der Waals surface area contributed by atoms with Gasteiger partial charge in [0.25, 0.3) is 0 Å². The lowest BCUT2D eigenvalue weighted by Gasteiger charge is -2.35. The third-order valence-corrected chi connectivity index (χ3v) is 17.0. The number of aromatic nitrogens is 2. The molecule has 3 heterocycles. The van der Waals surface area contributed by atoms with E-state index in [2.05, 4.69) is 221 Å². The molecular weight excluding hydrogens is 721 g/mol. The molecule has 12 aromatic rings. The highest BCUT2D eigenvalue weighted by Crippen LogP contribution is 2.38. The molecule has 272 valence electrons. The van der Waals surface area contributed by atoms with Crippen molar-refractivity contribution < 1.29 is 4.42 Å². The number of rotatable bonds is 6. The molecule has 58 heavy (non-hydrogen) atoms. The summed E-state index contributed by atoms with van der Waals surface area (Å²) >= 11 is 0. The molecule has 0 aliphatic heterocycles. The highest BCUT2D eigenvalue weighted by atomic mass is 28.3. The Labute approximate surface area is 336 Å². The van der Waals surface area contributed by atoms with E-state index in [0.29, 0.717) is 0 Å². The molecule has 12 rings (SSSR count). The molecule has 0 saturated carbocycles. The number of hydrogen-bond donors (Lipinski definition) is 0. The van der Waals surface area contributed by atoms with E-state index in [0.717, 1.165) is 38.8 Å². The van der Waals surface area contributed by atoms with Gasteiger partial charge in [0.15, 0.2) is 8.07 Å². The van der Waals surface area contributed by atoms with E-state index < -0.39 is 8.07 Å². The largest absolute Gasteiger partial charge is 0.456 e. The van der Waals surface area contributed by atoms with Crippen LogP contribution in [0.5, 0.6) is 0 Å². The topological polar surface area (TPSA) is 23.0 Å². The predicted octanol–water partition coefficient (Wildman–Crippen LogP) is 11.2. The standard InChI is InChI=1S/C54H36N2OSi/c1-4-18-37(19-5-1)55-48-30-14-11-28-44(48)54-49(55)31-17-33-53(54)58(39-21-6-2-7-22-39,40-23-8-3-9-24-40)41-25-16-20-38(34-41)56-47-29-13-10-26-42(47)45-36-52-46(35-50(45)56)43-27-12-15-32-51(43)57-52/h1-36H. The molecule has 0 N–H and O–H groups in total. The van der Waals surface area contributed by atoms with E-state index >= 15 is 0 Å². The lowest BCUT2D eigenvalue weighted by Crippen LogP contribution is -2.74. The van der Waals surface area contributed by atoms with Crippen molar-refractivity contribution in [3.05, 3.63) is 218 Å².